The van der Waals surface area contributed by atoms with E-state index in [1.54, 1.807) is 4.68 Å². The number of hydrogen-bond donors (Lipinski definition) is 1. The number of alkyl halides is 3. The van der Waals surface area contributed by atoms with E-state index in [0.29, 0.717) is 0 Å². The zero-order chi connectivity index (χ0) is 31.1. The molecule has 2 bridgehead atoms. The van der Waals surface area contributed by atoms with E-state index in [1.165, 1.54) is 6.20 Å². The summed E-state index contributed by atoms with van der Waals surface area (Å²) in [5, 5.41) is 6.28. The predicted octanol–water partition coefficient (Wildman–Crippen LogP) is 7.73. The number of benzene rings is 3. The molecule has 2 aliphatic rings. The van der Waals surface area contributed by atoms with E-state index in [-0.39, 0.29) is 27.9 Å². The highest BCUT2D eigenvalue weighted by Gasteiger charge is 2.63. The van der Waals surface area contributed by atoms with Gasteiger partial charge in [0.05, 0.1) is 11.1 Å². The normalized spacial score (nSPS) is 21.4. The van der Waals surface area contributed by atoms with E-state index in [0.717, 1.165) is 40.8 Å². The second-order valence-corrected chi connectivity index (χ2v) is 13.1. The minimum Gasteiger partial charge on any atom is -0.288 e. The van der Waals surface area contributed by atoms with Gasteiger partial charge in [0.2, 0.25) is 0 Å². The second-order valence-electron chi connectivity index (χ2n) is 13.1. The molecule has 1 N–H and O–H groups in total. The predicted molar refractivity (Wildman–Crippen MR) is 164 cm³/mol. The SMILES string of the molecule is Cn1c2c(c(=O)n1C(c1c[nH]nc1C(F)(F)F)C(c1ccccc1)(c1ccccc1)c1ccccc1)C1CCC2(C)C1(C)C. The van der Waals surface area contributed by atoms with Gasteiger partial charge in [-0.25, -0.2) is 4.68 Å². The Kier molecular flexibility index (Phi) is 6.19. The number of hydrogen-bond acceptors (Lipinski definition) is 2. The topological polar surface area (TPSA) is 55.6 Å². The molecule has 226 valence electrons. The van der Waals surface area contributed by atoms with Crippen LogP contribution in [0.3, 0.4) is 0 Å². The van der Waals surface area contributed by atoms with Crippen molar-refractivity contribution in [3.05, 3.63) is 147 Å². The molecule has 7 rings (SSSR count). The van der Waals surface area contributed by atoms with Crippen LogP contribution in [-0.4, -0.2) is 19.6 Å². The van der Waals surface area contributed by atoms with Crippen molar-refractivity contribution in [1.82, 2.24) is 19.6 Å². The van der Waals surface area contributed by atoms with Gasteiger partial charge >= 0.3 is 6.18 Å². The van der Waals surface area contributed by atoms with Crippen molar-refractivity contribution in [3.63, 3.8) is 0 Å². The molecule has 3 unspecified atom stereocenters. The number of fused-ring (bicyclic) bond motifs is 5. The van der Waals surface area contributed by atoms with E-state index >= 15 is 0 Å². The Morgan fingerprint density at radius 1 is 0.864 bits per heavy atom. The summed E-state index contributed by atoms with van der Waals surface area (Å²) >= 11 is 0. The van der Waals surface area contributed by atoms with E-state index in [4.69, 9.17) is 0 Å². The van der Waals surface area contributed by atoms with Crippen molar-refractivity contribution >= 4 is 0 Å². The molecule has 5 aromatic rings. The highest BCUT2D eigenvalue weighted by molar-refractivity contribution is 5.56. The fourth-order valence-electron chi connectivity index (χ4n) is 8.69. The summed E-state index contributed by atoms with van der Waals surface area (Å²) in [6.07, 6.45) is -1.64. The summed E-state index contributed by atoms with van der Waals surface area (Å²) in [7, 11) is 1.84. The summed E-state index contributed by atoms with van der Waals surface area (Å²) in [5.74, 6) is 0.0223. The summed E-state index contributed by atoms with van der Waals surface area (Å²) < 4.78 is 48.0. The zero-order valence-corrected chi connectivity index (χ0v) is 25.2. The first kappa shape index (κ1) is 28.4. The average Bonchev–Trinajstić information content (AvgIpc) is 3.71. The Morgan fingerprint density at radius 3 is 1.82 bits per heavy atom. The quantitative estimate of drug-likeness (QED) is 0.204. The molecule has 1 fully saturated rings. The monoisotopic (exact) mass is 596 g/mol. The van der Waals surface area contributed by atoms with Gasteiger partial charge in [0.15, 0.2) is 5.69 Å². The van der Waals surface area contributed by atoms with E-state index < -0.39 is 23.3 Å². The average molecular weight is 597 g/mol. The van der Waals surface area contributed by atoms with Gasteiger partial charge in [0.1, 0.15) is 6.04 Å². The molecule has 0 amide bonds. The molecule has 0 radical (unpaired) electrons. The van der Waals surface area contributed by atoms with E-state index in [9.17, 15) is 18.0 Å². The highest BCUT2D eigenvalue weighted by atomic mass is 19.4. The van der Waals surface area contributed by atoms with Crippen LogP contribution in [-0.2, 0) is 24.1 Å². The van der Waals surface area contributed by atoms with Crippen LogP contribution in [0.2, 0.25) is 0 Å². The number of nitrogens with one attached hydrogen (secondary N) is 1. The maximum atomic E-state index is 15.0. The highest BCUT2D eigenvalue weighted by Crippen LogP contribution is 2.67. The largest absolute Gasteiger partial charge is 0.435 e. The molecule has 8 heteroatoms. The van der Waals surface area contributed by atoms with E-state index in [2.05, 4.69) is 31.0 Å². The molecule has 3 atom stereocenters. The third-order valence-electron chi connectivity index (χ3n) is 11.0. The van der Waals surface area contributed by atoms with Gasteiger partial charge in [-0.2, -0.15) is 18.3 Å². The van der Waals surface area contributed by atoms with Crippen molar-refractivity contribution in [3.8, 4) is 0 Å². The lowest BCUT2D eigenvalue weighted by Crippen LogP contribution is -2.46. The first-order chi connectivity index (χ1) is 21.0. The van der Waals surface area contributed by atoms with Gasteiger partial charge in [-0.1, -0.05) is 112 Å². The summed E-state index contributed by atoms with van der Waals surface area (Å²) in [5.41, 5.74) is 0.886. The van der Waals surface area contributed by atoms with E-state index in [1.807, 2.05) is 103 Å². The lowest BCUT2D eigenvalue weighted by Gasteiger charge is -2.44. The molecular weight excluding hydrogens is 561 g/mol. The molecule has 44 heavy (non-hydrogen) atoms. The molecular formula is C36H35F3N4O. The number of aromatic nitrogens is 4. The first-order valence-electron chi connectivity index (χ1n) is 15.0. The third kappa shape index (κ3) is 3.60. The number of H-pyrrole nitrogens is 1. The molecule has 0 spiro atoms. The zero-order valence-electron chi connectivity index (χ0n) is 25.2. The van der Waals surface area contributed by atoms with Crippen LogP contribution in [0.15, 0.2) is 102 Å². The smallest absolute Gasteiger partial charge is 0.288 e. The number of nitrogens with zero attached hydrogens (tertiary/aromatic N) is 3. The van der Waals surface area contributed by atoms with Gasteiger partial charge in [-0.15, -0.1) is 0 Å². The van der Waals surface area contributed by atoms with Gasteiger partial charge in [-0.3, -0.25) is 14.6 Å². The second kappa shape index (κ2) is 9.58. The van der Waals surface area contributed by atoms with Crippen molar-refractivity contribution in [2.24, 2.45) is 12.5 Å². The minimum atomic E-state index is -4.76. The van der Waals surface area contributed by atoms with Crippen molar-refractivity contribution < 1.29 is 13.2 Å². The standard InChI is InChI=1S/C36H35F3N4O/c1-33(2)27-20-21-34(33,3)31-28(27)32(44)43(42(31)4)30(26-22-40-41-29(26)36(37,38)39)35(23-14-8-5-9-15-23,24-16-10-6-11-17-24)25-18-12-7-13-19-25/h5-19,22,27,30H,20-21H2,1-4H3,(H,40,41). The maximum absolute atomic E-state index is 15.0. The molecule has 0 saturated heterocycles. The van der Waals surface area contributed by atoms with Crippen molar-refractivity contribution in [1.29, 1.82) is 0 Å². The van der Waals surface area contributed by atoms with Crippen LogP contribution in [0, 0.1) is 5.41 Å². The van der Waals surface area contributed by atoms with Crippen LogP contribution in [0.25, 0.3) is 0 Å². The Labute approximate surface area is 254 Å². The molecule has 1 saturated carbocycles. The van der Waals surface area contributed by atoms with Crippen LogP contribution < -0.4 is 5.56 Å². The van der Waals surface area contributed by atoms with Crippen molar-refractivity contribution in [2.75, 3.05) is 0 Å². The fraction of sp³-hybridized carbons (Fsp3) is 0.333. The number of rotatable bonds is 6. The van der Waals surface area contributed by atoms with Gasteiger partial charge in [-0.05, 0) is 40.9 Å². The lowest BCUT2D eigenvalue weighted by molar-refractivity contribution is -0.142. The molecule has 3 aromatic carbocycles. The summed E-state index contributed by atoms with van der Waals surface area (Å²) in [6.45, 7) is 6.63. The van der Waals surface area contributed by atoms with Gasteiger partial charge in [0, 0.05) is 29.8 Å². The maximum Gasteiger partial charge on any atom is 0.435 e. The van der Waals surface area contributed by atoms with Crippen LogP contribution >= 0.6 is 0 Å². The first-order valence-corrected chi connectivity index (χ1v) is 15.0. The minimum absolute atomic E-state index is 0.0223. The lowest BCUT2D eigenvalue weighted by atomic mass is 9.63. The van der Waals surface area contributed by atoms with Crippen LogP contribution in [0.4, 0.5) is 13.2 Å². The fourth-order valence-corrected chi connectivity index (χ4v) is 8.69. The van der Waals surface area contributed by atoms with Gasteiger partial charge < -0.3 is 0 Å². The Morgan fingerprint density at radius 2 is 1.36 bits per heavy atom. The van der Waals surface area contributed by atoms with Gasteiger partial charge in [0.25, 0.3) is 5.56 Å². The molecule has 2 aromatic heterocycles. The molecule has 2 heterocycles. The Hall–Kier alpha value is -4.33. The van der Waals surface area contributed by atoms with Crippen LogP contribution in [0.5, 0.6) is 0 Å². The number of aromatic amines is 1. The Bertz CT molecular complexity index is 1790. The summed E-state index contributed by atoms with van der Waals surface area (Å²) in [4.78, 5) is 15.0. The summed E-state index contributed by atoms with van der Waals surface area (Å²) in [6, 6.07) is 27.5. The molecule has 0 aliphatic heterocycles. The third-order valence-corrected chi connectivity index (χ3v) is 11.0. The van der Waals surface area contributed by atoms with Crippen molar-refractivity contribution in [2.45, 2.75) is 62.6 Å². The van der Waals surface area contributed by atoms with Crippen LogP contribution in [0.1, 0.15) is 84.8 Å². The molecule has 5 nitrogen and oxygen atoms in total. The Balaban J connectivity index is 1.68. The molecule has 2 aliphatic carbocycles. The number of halogens is 3.